The summed E-state index contributed by atoms with van der Waals surface area (Å²) in [5.74, 6) is 0. The summed E-state index contributed by atoms with van der Waals surface area (Å²) in [6.45, 7) is 6.61. The molecule has 3 nitrogen and oxygen atoms in total. The molecule has 1 aromatic heterocycles. The van der Waals surface area contributed by atoms with Gasteiger partial charge in [0.1, 0.15) is 0 Å². The number of nitrogens with zero attached hydrogens (tertiary/aromatic N) is 2. The average molecular weight is 191 g/mol. The van der Waals surface area contributed by atoms with Gasteiger partial charge in [-0.15, -0.1) is 0 Å². The maximum Gasteiger partial charge on any atom is 0.0765 e. The Morgan fingerprint density at radius 3 is 3.29 bits per heavy atom. The SMILES string of the molecule is CCC(C)N1CCNc2cnccc21. The van der Waals surface area contributed by atoms with Crippen LogP contribution in [0, 0.1) is 0 Å². The first-order valence-electron chi connectivity index (χ1n) is 5.27. The van der Waals surface area contributed by atoms with Gasteiger partial charge >= 0.3 is 0 Å². The predicted octanol–water partition coefficient (Wildman–Crippen LogP) is 2.11. The van der Waals surface area contributed by atoms with E-state index >= 15 is 0 Å². The number of nitrogens with one attached hydrogen (secondary N) is 1. The third kappa shape index (κ3) is 1.54. The molecule has 1 unspecified atom stereocenters. The normalized spacial score (nSPS) is 17.1. The number of hydrogen-bond donors (Lipinski definition) is 1. The highest BCUT2D eigenvalue weighted by Crippen LogP contribution is 2.29. The zero-order valence-corrected chi connectivity index (χ0v) is 8.83. The quantitative estimate of drug-likeness (QED) is 0.776. The Hall–Kier alpha value is -1.25. The number of aromatic nitrogens is 1. The van der Waals surface area contributed by atoms with Gasteiger partial charge in [-0.2, -0.15) is 0 Å². The zero-order valence-electron chi connectivity index (χ0n) is 8.83. The summed E-state index contributed by atoms with van der Waals surface area (Å²) in [5, 5.41) is 3.37. The second-order valence-corrected chi connectivity index (χ2v) is 3.77. The monoisotopic (exact) mass is 191 g/mol. The van der Waals surface area contributed by atoms with Crippen molar-refractivity contribution in [3.05, 3.63) is 18.5 Å². The van der Waals surface area contributed by atoms with E-state index in [9.17, 15) is 0 Å². The molecule has 0 saturated heterocycles. The van der Waals surface area contributed by atoms with Crippen LogP contribution in [0.15, 0.2) is 18.5 Å². The molecule has 14 heavy (non-hydrogen) atoms. The van der Waals surface area contributed by atoms with E-state index in [4.69, 9.17) is 0 Å². The van der Waals surface area contributed by atoms with Crippen LogP contribution in [0.1, 0.15) is 20.3 Å². The molecule has 1 atom stereocenters. The molecule has 3 heteroatoms. The zero-order chi connectivity index (χ0) is 9.97. The van der Waals surface area contributed by atoms with Crippen LogP contribution in [0.3, 0.4) is 0 Å². The largest absolute Gasteiger partial charge is 0.380 e. The molecule has 0 saturated carbocycles. The minimum Gasteiger partial charge on any atom is -0.380 e. The Labute approximate surface area is 85.1 Å². The van der Waals surface area contributed by atoms with Gasteiger partial charge < -0.3 is 10.2 Å². The number of anilines is 2. The van der Waals surface area contributed by atoms with Gasteiger partial charge in [0.25, 0.3) is 0 Å². The summed E-state index contributed by atoms with van der Waals surface area (Å²) >= 11 is 0. The molecule has 0 amide bonds. The molecule has 2 heterocycles. The Bertz CT molecular complexity index is 311. The molecule has 0 aromatic carbocycles. The van der Waals surface area contributed by atoms with Gasteiger partial charge in [0.05, 0.1) is 17.6 Å². The molecule has 76 valence electrons. The van der Waals surface area contributed by atoms with Gasteiger partial charge in [-0.1, -0.05) is 6.92 Å². The van der Waals surface area contributed by atoms with Crippen LogP contribution in [0.4, 0.5) is 11.4 Å². The number of pyridine rings is 1. The molecular weight excluding hydrogens is 174 g/mol. The van der Waals surface area contributed by atoms with Crippen LogP contribution in [0.5, 0.6) is 0 Å². The Morgan fingerprint density at radius 2 is 2.50 bits per heavy atom. The molecule has 0 bridgehead atoms. The van der Waals surface area contributed by atoms with E-state index < -0.39 is 0 Å². The van der Waals surface area contributed by atoms with Crippen LogP contribution < -0.4 is 10.2 Å². The van der Waals surface area contributed by atoms with E-state index in [0.29, 0.717) is 6.04 Å². The van der Waals surface area contributed by atoms with Crippen molar-refractivity contribution in [2.24, 2.45) is 0 Å². The first-order chi connectivity index (χ1) is 6.83. The number of fused-ring (bicyclic) bond motifs is 1. The second kappa shape index (κ2) is 3.86. The molecule has 0 radical (unpaired) electrons. The number of rotatable bonds is 2. The molecule has 1 N–H and O–H groups in total. The van der Waals surface area contributed by atoms with Crippen LogP contribution in [-0.4, -0.2) is 24.1 Å². The van der Waals surface area contributed by atoms with Gasteiger partial charge in [-0.05, 0) is 19.4 Å². The van der Waals surface area contributed by atoms with Crippen molar-refractivity contribution in [2.75, 3.05) is 23.3 Å². The van der Waals surface area contributed by atoms with Gasteiger partial charge in [0, 0.05) is 25.3 Å². The van der Waals surface area contributed by atoms with Gasteiger partial charge in [0.2, 0.25) is 0 Å². The van der Waals surface area contributed by atoms with Crippen molar-refractivity contribution >= 4 is 11.4 Å². The topological polar surface area (TPSA) is 28.2 Å². The lowest BCUT2D eigenvalue weighted by molar-refractivity contribution is 0.615. The molecule has 1 aliphatic heterocycles. The first-order valence-corrected chi connectivity index (χ1v) is 5.27. The van der Waals surface area contributed by atoms with E-state index in [2.05, 4.69) is 35.1 Å². The fraction of sp³-hybridized carbons (Fsp3) is 0.545. The highest BCUT2D eigenvalue weighted by Gasteiger charge is 2.19. The Morgan fingerprint density at radius 1 is 1.64 bits per heavy atom. The molecule has 0 fully saturated rings. The van der Waals surface area contributed by atoms with Gasteiger partial charge in [-0.25, -0.2) is 0 Å². The minimum atomic E-state index is 0.609. The standard InChI is InChI=1S/C11H17N3/c1-3-9(2)14-7-6-13-10-8-12-5-4-11(10)14/h4-5,8-9,13H,3,6-7H2,1-2H3. The summed E-state index contributed by atoms with van der Waals surface area (Å²) < 4.78 is 0. The lowest BCUT2D eigenvalue weighted by atomic mass is 10.1. The van der Waals surface area contributed by atoms with Crippen LogP contribution in [-0.2, 0) is 0 Å². The van der Waals surface area contributed by atoms with Crippen LogP contribution >= 0.6 is 0 Å². The molecule has 1 aliphatic rings. The molecule has 2 rings (SSSR count). The van der Waals surface area contributed by atoms with Gasteiger partial charge in [-0.3, -0.25) is 4.98 Å². The van der Waals surface area contributed by atoms with Crippen molar-refractivity contribution in [3.63, 3.8) is 0 Å². The van der Waals surface area contributed by atoms with Crippen molar-refractivity contribution in [1.29, 1.82) is 0 Å². The van der Waals surface area contributed by atoms with E-state index in [1.165, 1.54) is 17.8 Å². The highest BCUT2D eigenvalue weighted by atomic mass is 15.2. The third-order valence-electron chi connectivity index (χ3n) is 2.90. The van der Waals surface area contributed by atoms with Crippen molar-refractivity contribution < 1.29 is 0 Å². The minimum absolute atomic E-state index is 0.609. The summed E-state index contributed by atoms with van der Waals surface area (Å²) in [7, 11) is 0. The van der Waals surface area contributed by atoms with Crippen molar-refractivity contribution in [1.82, 2.24) is 4.98 Å². The lowest BCUT2D eigenvalue weighted by Gasteiger charge is -2.36. The maximum atomic E-state index is 4.13. The van der Waals surface area contributed by atoms with Crippen LogP contribution in [0.25, 0.3) is 0 Å². The van der Waals surface area contributed by atoms with E-state index in [-0.39, 0.29) is 0 Å². The third-order valence-corrected chi connectivity index (χ3v) is 2.90. The van der Waals surface area contributed by atoms with E-state index in [1.807, 2.05) is 12.4 Å². The first kappa shape index (κ1) is 9.31. The predicted molar refractivity (Wildman–Crippen MR) is 59.8 cm³/mol. The fourth-order valence-electron chi connectivity index (χ4n) is 1.88. The number of hydrogen-bond acceptors (Lipinski definition) is 3. The summed E-state index contributed by atoms with van der Waals surface area (Å²) in [6.07, 6.45) is 4.95. The Kier molecular flexibility index (Phi) is 2.57. The smallest absolute Gasteiger partial charge is 0.0765 e. The van der Waals surface area contributed by atoms with Crippen LogP contribution in [0.2, 0.25) is 0 Å². The average Bonchev–Trinajstić information content (AvgIpc) is 2.27. The van der Waals surface area contributed by atoms with E-state index in [0.717, 1.165) is 13.1 Å². The Balaban J connectivity index is 2.30. The highest BCUT2D eigenvalue weighted by molar-refractivity contribution is 5.71. The second-order valence-electron chi connectivity index (χ2n) is 3.77. The maximum absolute atomic E-state index is 4.13. The summed E-state index contributed by atoms with van der Waals surface area (Å²) in [4.78, 5) is 6.58. The molecular formula is C11H17N3. The fourth-order valence-corrected chi connectivity index (χ4v) is 1.88. The molecule has 0 aliphatic carbocycles. The summed E-state index contributed by atoms with van der Waals surface area (Å²) in [5.41, 5.74) is 2.46. The van der Waals surface area contributed by atoms with E-state index in [1.54, 1.807) is 0 Å². The van der Waals surface area contributed by atoms with Crippen molar-refractivity contribution in [3.8, 4) is 0 Å². The molecule has 0 spiro atoms. The summed E-state index contributed by atoms with van der Waals surface area (Å²) in [6, 6.07) is 2.70. The van der Waals surface area contributed by atoms with Gasteiger partial charge in [0.15, 0.2) is 0 Å². The lowest BCUT2D eigenvalue weighted by Crippen LogP contribution is -2.40. The van der Waals surface area contributed by atoms with Crippen molar-refractivity contribution in [2.45, 2.75) is 26.3 Å². The molecule has 1 aromatic rings.